The highest BCUT2D eigenvalue weighted by Gasteiger charge is 2.22. The van der Waals surface area contributed by atoms with Crippen molar-refractivity contribution in [3.63, 3.8) is 0 Å². The van der Waals surface area contributed by atoms with Gasteiger partial charge in [0, 0.05) is 21.9 Å². The molecule has 0 atom stereocenters. The lowest BCUT2D eigenvalue weighted by atomic mass is 9.86. The molecule has 0 bridgehead atoms. The molecule has 0 saturated carbocycles. The van der Waals surface area contributed by atoms with Gasteiger partial charge < -0.3 is 19.7 Å². The Morgan fingerprint density at radius 1 is 0.364 bits per heavy atom. The smallest absolute Gasteiger partial charge is 0.128 e. The molecule has 8 rings (SSSR count). The maximum Gasteiger partial charge on any atom is 0.128 e. The van der Waals surface area contributed by atoms with Crippen LogP contribution in [0.25, 0.3) is 75.8 Å². The Labute approximate surface area is 254 Å². The summed E-state index contributed by atoms with van der Waals surface area (Å²) in [7, 11) is 0. The first-order valence-electron chi connectivity index (χ1n) is 15.0. The number of fused-ring (bicyclic) bond motifs is 10. The lowest BCUT2D eigenvalue weighted by Crippen LogP contribution is -2.06. The SMILES string of the molecule is OCCOc1ccc2ccc3c4ccccc4ccc3c2c1-c1c(OCCO)ccc2ccc3c4ccccc4ccc3c12. The van der Waals surface area contributed by atoms with E-state index in [1.165, 1.54) is 21.5 Å². The predicted octanol–water partition coefficient (Wildman–Crippen LogP) is 9.01. The molecule has 0 heterocycles. The van der Waals surface area contributed by atoms with E-state index in [1.54, 1.807) is 0 Å². The van der Waals surface area contributed by atoms with Crippen LogP contribution >= 0.6 is 0 Å². The minimum atomic E-state index is -0.101. The highest BCUT2D eigenvalue weighted by molar-refractivity contribution is 6.27. The van der Waals surface area contributed by atoms with Gasteiger partial charge in [-0.25, -0.2) is 0 Å². The molecular weight excluding hydrogens is 544 g/mol. The molecule has 4 nitrogen and oxygen atoms in total. The second-order valence-electron chi connectivity index (χ2n) is 11.1. The third kappa shape index (κ3) is 4.15. The molecule has 0 radical (unpaired) electrons. The van der Waals surface area contributed by atoms with E-state index in [-0.39, 0.29) is 26.4 Å². The van der Waals surface area contributed by atoms with Gasteiger partial charge in [-0.3, -0.25) is 0 Å². The first kappa shape index (κ1) is 26.5. The van der Waals surface area contributed by atoms with Crippen LogP contribution in [-0.2, 0) is 0 Å². The summed E-state index contributed by atoms with van der Waals surface area (Å²) < 4.78 is 12.6. The second-order valence-corrected chi connectivity index (χ2v) is 11.1. The Hall–Kier alpha value is -5.16. The van der Waals surface area contributed by atoms with E-state index in [2.05, 4.69) is 109 Å². The average Bonchev–Trinajstić information content (AvgIpc) is 3.08. The third-order valence-corrected chi connectivity index (χ3v) is 8.69. The minimum absolute atomic E-state index is 0.101. The Bertz CT molecular complexity index is 2200. The van der Waals surface area contributed by atoms with Gasteiger partial charge in [0.25, 0.3) is 0 Å². The fourth-order valence-electron chi connectivity index (χ4n) is 6.84. The number of ether oxygens (including phenoxy) is 2. The average molecular weight is 575 g/mol. The van der Waals surface area contributed by atoms with Crippen molar-refractivity contribution in [1.82, 2.24) is 0 Å². The van der Waals surface area contributed by atoms with Gasteiger partial charge in [-0.2, -0.15) is 0 Å². The lowest BCUT2D eigenvalue weighted by molar-refractivity contribution is 0.200. The molecule has 214 valence electrons. The number of hydrogen-bond acceptors (Lipinski definition) is 4. The monoisotopic (exact) mass is 574 g/mol. The van der Waals surface area contributed by atoms with E-state index in [9.17, 15) is 10.2 Å². The Balaban J connectivity index is 1.59. The maximum absolute atomic E-state index is 9.80. The van der Waals surface area contributed by atoms with E-state index in [0.29, 0.717) is 11.5 Å². The number of hydrogen-bond donors (Lipinski definition) is 2. The summed E-state index contributed by atoms with van der Waals surface area (Å²) in [5, 5.41) is 33.2. The molecule has 0 aromatic heterocycles. The molecule has 8 aromatic rings. The number of benzene rings is 8. The van der Waals surface area contributed by atoms with Crippen LogP contribution < -0.4 is 9.47 Å². The number of rotatable bonds is 7. The topological polar surface area (TPSA) is 58.9 Å². The summed E-state index contributed by atoms with van der Waals surface area (Å²) in [4.78, 5) is 0. The standard InChI is InChI=1S/C40H30O4/c41-21-23-43-35-19-13-27-11-15-31-29-7-3-1-5-25(29)9-17-33(31)37(27)39(35)40-36(44-24-22-42)20-14-28-12-16-32-30-8-4-2-6-26(30)10-18-34(32)38(28)40/h1-20,41-42H,21-24H2. The molecule has 44 heavy (non-hydrogen) atoms. The zero-order valence-corrected chi connectivity index (χ0v) is 24.1. The van der Waals surface area contributed by atoms with Crippen molar-refractivity contribution in [2.75, 3.05) is 26.4 Å². The molecule has 0 fully saturated rings. The van der Waals surface area contributed by atoms with E-state index in [1.807, 2.05) is 12.1 Å². The van der Waals surface area contributed by atoms with Crippen molar-refractivity contribution in [2.24, 2.45) is 0 Å². The molecule has 2 N–H and O–H groups in total. The van der Waals surface area contributed by atoms with Gasteiger partial charge >= 0.3 is 0 Å². The maximum atomic E-state index is 9.80. The summed E-state index contributed by atoms with van der Waals surface area (Å²) in [6, 6.07) is 42.6. The lowest BCUT2D eigenvalue weighted by Gasteiger charge is -2.21. The van der Waals surface area contributed by atoms with Gasteiger partial charge in [0.05, 0.1) is 13.2 Å². The summed E-state index contributed by atoms with van der Waals surface area (Å²) in [6.45, 7) is 0.121. The molecular formula is C40H30O4. The van der Waals surface area contributed by atoms with Crippen molar-refractivity contribution in [1.29, 1.82) is 0 Å². The van der Waals surface area contributed by atoms with E-state index in [0.717, 1.165) is 54.2 Å². The van der Waals surface area contributed by atoms with Crippen LogP contribution in [0, 0.1) is 0 Å². The minimum Gasteiger partial charge on any atom is -0.491 e. The molecule has 8 aromatic carbocycles. The molecule has 4 heteroatoms. The summed E-state index contributed by atoms with van der Waals surface area (Å²) in [5.74, 6) is 1.35. The van der Waals surface area contributed by atoms with Crippen molar-refractivity contribution < 1.29 is 19.7 Å². The molecule has 0 saturated heterocycles. The Kier molecular flexibility index (Phi) is 6.52. The van der Waals surface area contributed by atoms with Crippen LogP contribution in [0.2, 0.25) is 0 Å². The molecule has 0 amide bonds. The van der Waals surface area contributed by atoms with Gasteiger partial charge in [-0.1, -0.05) is 109 Å². The van der Waals surface area contributed by atoms with Crippen molar-refractivity contribution in [3.05, 3.63) is 121 Å². The van der Waals surface area contributed by atoms with E-state index < -0.39 is 0 Å². The van der Waals surface area contributed by atoms with Gasteiger partial charge in [0.1, 0.15) is 24.7 Å². The van der Waals surface area contributed by atoms with Gasteiger partial charge in [0.15, 0.2) is 0 Å². The summed E-state index contributed by atoms with van der Waals surface area (Å²) >= 11 is 0. The fraction of sp³-hybridized carbons (Fsp3) is 0.100. The quantitative estimate of drug-likeness (QED) is 0.187. The predicted molar refractivity (Wildman–Crippen MR) is 182 cm³/mol. The Morgan fingerprint density at radius 3 is 1.20 bits per heavy atom. The van der Waals surface area contributed by atoms with Crippen molar-refractivity contribution >= 4 is 64.6 Å². The van der Waals surface area contributed by atoms with Gasteiger partial charge in [-0.15, -0.1) is 0 Å². The molecule has 0 spiro atoms. The van der Waals surface area contributed by atoms with Gasteiger partial charge in [0.2, 0.25) is 0 Å². The molecule has 0 aliphatic carbocycles. The van der Waals surface area contributed by atoms with Crippen LogP contribution in [-0.4, -0.2) is 36.6 Å². The van der Waals surface area contributed by atoms with Crippen molar-refractivity contribution in [3.8, 4) is 22.6 Å². The highest BCUT2D eigenvalue weighted by Crippen LogP contribution is 2.50. The van der Waals surface area contributed by atoms with Crippen LogP contribution in [0.4, 0.5) is 0 Å². The zero-order chi connectivity index (χ0) is 29.6. The van der Waals surface area contributed by atoms with E-state index >= 15 is 0 Å². The third-order valence-electron chi connectivity index (χ3n) is 8.69. The highest BCUT2D eigenvalue weighted by atomic mass is 16.5. The zero-order valence-electron chi connectivity index (χ0n) is 24.1. The van der Waals surface area contributed by atoms with E-state index in [4.69, 9.17) is 9.47 Å². The molecule has 0 aliphatic heterocycles. The van der Waals surface area contributed by atoms with Crippen molar-refractivity contribution in [2.45, 2.75) is 0 Å². The van der Waals surface area contributed by atoms with Crippen LogP contribution in [0.5, 0.6) is 11.5 Å². The largest absolute Gasteiger partial charge is 0.491 e. The van der Waals surface area contributed by atoms with Crippen LogP contribution in [0.15, 0.2) is 121 Å². The fourth-order valence-corrected chi connectivity index (χ4v) is 6.84. The molecule has 0 aliphatic rings. The van der Waals surface area contributed by atoms with Gasteiger partial charge in [-0.05, 0) is 66.0 Å². The summed E-state index contributed by atoms with van der Waals surface area (Å²) in [6.07, 6.45) is 0. The normalized spacial score (nSPS) is 11.8. The first-order chi connectivity index (χ1) is 21.8. The first-order valence-corrected chi connectivity index (χ1v) is 15.0. The number of aliphatic hydroxyl groups is 2. The summed E-state index contributed by atoms with van der Waals surface area (Å²) in [5.41, 5.74) is 1.83. The molecule has 0 unspecified atom stereocenters. The Morgan fingerprint density at radius 2 is 0.750 bits per heavy atom. The van der Waals surface area contributed by atoms with Crippen LogP contribution in [0.1, 0.15) is 0 Å². The number of aliphatic hydroxyl groups excluding tert-OH is 2. The van der Waals surface area contributed by atoms with Crippen LogP contribution in [0.3, 0.4) is 0 Å². The second kappa shape index (κ2) is 10.8.